The number of aromatic nitrogens is 1. The highest BCUT2D eigenvalue weighted by atomic mass is 32.1. The molecule has 1 aliphatic heterocycles. The smallest absolute Gasteiger partial charge is 0.263 e. The zero-order valence-electron chi connectivity index (χ0n) is 13.5. The molecule has 1 aliphatic rings. The zero-order chi connectivity index (χ0) is 16.7. The average molecular weight is 358 g/mol. The molecule has 124 valence electrons. The maximum Gasteiger partial charge on any atom is 0.263 e. The number of fused-ring (bicyclic) bond motifs is 1. The summed E-state index contributed by atoms with van der Waals surface area (Å²) in [5.74, 6) is 0.115. The van der Waals surface area contributed by atoms with Crippen molar-refractivity contribution in [3.8, 4) is 9.88 Å². The van der Waals surface area contributed by atoms with E-state index in [2.05, 4.69) is 18.0 Å². The summed E-state index contributed by atoms with van der Waals surface area (Å²) in [5, 5.41) is 0.980. The Balaban J connectivity index is 1.57. The molecule has 4 nitrogen and oxygen atoms in total. The summed E-state index contributed by atoms with van der Waals surface area (Å²) in [4.78, 5) is 21.2. The molecule has 0 radical (unpaired) electrons. The Hall–Kier alpha value is -1.76. The van der Waals surface area contributed by atoms with Gasteiger partial charge in [-0.25, -0.2) is 4.98 Å². The summed E-state index contributed by atoms with van der Waals surface area (Å²) in [6.45, 7) is 4.32. The van der Waals surface area contributed by atoms with E-state index in [4.69, 9.17) is 5.73 Å². The Bertz CT molecular complexity index is 867. The Morgan fingerprint density at radius 1 is 1.29 bits per heavy atom. The number of benzene rings is 1. The lowest BCUT2D eigenvalue weighted by Crippen LogP contribution is -2.34. The predicted molar refractivity (Wildman–Crippen MR) is 101 cm³/mol. The SMILES string of the molecule is CC1(CN)CCN(C(=O)c2ccc(-c3nc4ccccc4s3)s2)C1. The number of carbonyl (C=O) groups is 1. The first kappa shape index (κ1) is 15.7. The van der Waals surface area contributed by atoms with Gasteiger partial charge < -0.3 is 10.6 Å². The second kappa shape index (κ2) is 5.95. The van der Waals surface area contributed by atoms with Crippen LogP contribution in [0.2, 0.25) is 0 Å². The van der Waals surface area contributed by atoms with Crippen molar-refractivity contribution in [1.82, 2.24) is 9.88 Å². The number of thiazole rings is 1. The summed E-state index contributed by atoms with van der Waals surface area (Å²) in [7, 11) is 0. The monoisotopic (exact) mass is 357 g/mol. The van der Waals surface area contributed by atoms with E-state index in [1.54, 1.807) is 11.3 Å². The third-order valence-electron chi connectivity index (χ3n) is 4.66. The van der Waals surface area contributed by atoms with Crippen LogP contribution in [0.1, 0.15) is 23.0 Å². The van der Waals surface area contributed by atoms with Crippen LogP contribution in [-0.4, -0.2) is 35.4 Å². The van der Waals surface area contributed by atoms with Crippen molar-refractivity contribution in [2.45, 2.75) is 13.3 Å². The molecule has 1 unspecified atom stereocenters. The number of nitrogens with two attached hydrogens (primary N) is 1. The Labute approximate surface area is 148 Å². The van der Waals surface area contributed by atoms with Crippen molar-refractivity contribution < 1.29 is 4.79 Å². The number of rotatable bonds is 3. The second-order valence-corrected chi connectivity index (χ2v) is 8.76. The number of para-hydroxylation sites is 1. The van der Waals surface area contributed by atoms with Crippen LogP contribution in [0, 0.1) is 5.41 Å². The standard InChI is InChI=1S/C18H19N3OS2/c1-18(10-19)8-9-21(11-18)17(22)15-7-6-14(23-15)16-20-12-4-2-3-5-13(12)24-16/h2-7H,8-11,19H2,1H3. The van der Waals surface area contributed by atoms with Gasteiger partial charge in [0.15, 0.2) is 0 Å². The van der Waals surface area contributed by atoms with Gasteiger partial charge in [0.1, 0.15) is 5.01 Å². The van der Waals surface area contributed by atoms with Gasteiger partial charge in [0.05, 0.1) is 20.0 Å². The molecule has 24 heavy (non-hydrogen) atoms. The number of thiophene rings is 1. The van der Waals surface area contributed by atoms with Gasteiger partial charge in [-0.3, -0.25) is 4.79 Å². The molecule has 3 aromatic rings. The first-order valence-electron chi connectivity index (χ1n) is 8.03. The first-order valence-corrected chi connectivity index (χ1v) is 9.66. The lowest BCUT2D eigenvalue weighted by atomic mass is 9.90. The fourth-order valence-corrected chi connectivity index (χ4v) is 5.06. The van der Waals surface area contributed by atoms with Crippen LogP contribution in [0.15, 0.2) is 36.4 Å². The average Bonchev–Trinajstić information content (AvgIpc) is 3.31. The Morgan fingerprint density at radius 2 is 2.12 bits per heavy atom. The van der Waals surface area contributed by atoms with Gasteiger partial charge in [-0.1, -0.05) is 19.1 Å². The van der Waals surface area contributed by atoms with Gasteiger partial charge in [0.2, 0.25) is 0 Å². The van der Waals surface area contributed by atoms with Gasteiger partial charge in [-0.2, -0.15) is 0 Å². The molecule has 0 spiro atoms. The van der Waals surface area contributed by atoms with Crippen molar-refractivity contribution >= 4 is 38.8 Å². The van der Waals surface area contributed by atoms with Crippen LogP contribution in [0.5, 0.6) is 0 Å². The number of nitrogens with zero attached hydrogens (tertiary/aromatic N) is 2. The van der Waals surface area contributed by atoms with Crippen LogP contribution >= 0.6 is 22.7 Å². The van der Waals surface area contributed by atoms with Gasteiger partial charge in [-0.15, -0.1) is 22.7 Å². The van der Waals surface area contributed by atoms with Crippen LogP contribution in [0.4, 0.5) is 0 Å². The molecule has 0 aliphatic carbocycles. The van der Waals surface area contributed by atoms with E-state index < -0.39 is 0 Å². The van der Waals surface area contributed by atoms with E-state index in [-0.39, 0.29) is 11.3 Å². The minimum atomic E-state index is 0.0583. The molecule has 1 fully saturated rings. The summed E-state index contributed by atoms with van der Waals surface area (Å²) >= 11 is 3.20. The van der Waals surface area contributed by atoms with Gasteiger partial charge in [0, 0.05) is 13.1 Å². The fraction of sp³-hybridized carbons (Fsp3) is 0.333. The molecule has 2 N–H and O–H groups in total. The molecule has 1 aromatic carbocycles. The molecule has 0 saturated carbocycles. The number of likely N-dealkylation sites (tertiary alicyclic amines) is 1. The molecule has 6 heteroatoms. The third kappa shape index (κ3) is 2.75. The van der Waals surface area contributed by atoms with E-state index in [0.717, 1.165) is 39.8 Å². The van der Waals surface area contributed by atoms with E-state index in [9.17, 15) is 4.79 Å². The molecular formula is C18H19N3OS2. The maximum absolute atomic E-state index is 12.7. The number of amides is 1. The lowest BCUT2D eigenvalue weighted by molar-refractivity contribution is 0.0781. The molecule has 4 rings (SSSR count). The number of carbonyl (C=O) groups excluding carboxylic acids is 1. The topological polar surface area (TPSA) is 59.2 Å². The quantitative estimate of drug-likeness (QED) is 0.775. The Kier molecular flexibility index (Phi) is 3.90. The third-order valence-corrected chi connectivity index (χ3v) is 6.94. The van der Waals surface area contributed by atoms with E-state index in [0.29, 0.717) is 6.54 Å². The Morgan fingerprint density at radius 3 is 2.88 bits per heavy atom. The minimum Gasteiger partial charge on any atom is -0.337 e. The van der Waals surface area contributed by atoms with Crippen molar-refractivity contribution in [3.63, 3.8) is 0 Å². The molecular weight excluding hydrogens is 338 g/mol. The minimum absolute atomic E-state index is 0.0583. The van der Waals surface area contributed by atoms with E-state index in [1.807, 2.05) is 35.2 Å². The highest BCUT2D eigenvalue weighted by Gasteiger charge is 2.35. The molecule has 1 atom stereocenters. The van der Waals surface area contributed by atoms with Crippen molar-refractivity contribution in [2.24, 2.45) is 11.1 Å². The summed E-state index contributed by atoms with van der Waals surface area (Å²) in [5.41, 5.74) is 6.91. The highest BCUT2D eigenvalue weighted by molar-refractivity contribution is 7.26. The van der Waals surface area contributed by atoms with Crippen LogP contribution in [-0.2, 0) is 0 Å². The van der Waals surface area contributed by atoms with Crippen LogP contribution < -0.4 is 5.73 Å². The maximum atomic E-state index is 12.7. The van der Waals surface area contributed by atoms with E-state index >= 15 is 0 Å². The normalized spacial score (nSPS) is 20.8. The molecule has 0 bridgehead atoms. The summed E-state index contributed by atoms with van der Waals surface area (Å²) in [6.07, 6.45) is 0.978. The molecule has 2 aromatic heterocycles. The first-order chi connectivity index (χ1) is 11.6. The predicted octanol–water partition coefficient (Wildman–Crippen LogP) is 3.84. The zero-order valence-corrected chi connectivity index (χ0v) is 15.1. The highest BCUT2D eigenvalue weighted by Crippen LogP contribution is 2.36. The van der Waals surface area contributed by atoms with Crippen LogP contribution in [0.25, 0.3) is 20.1 Å². The van der Waals surface area contributed by atoms with Gasteiger partial charge in [-0.05, 0) is 42.6 Å². The summed E-state index contributed by atoms with van der Waals surface area (Å²) in [6, 6.07) is 12.0. The largest absolute Gasteiger partial charge is 0.337 e. The summed E-state index contributed by atoms with van der Waals surface area (Å²) < 4.78 is 1.17. The van der Waals surface area contributed by atoms with Crippen molar-refractivity contribution in [1.29, 1.82) is 0 Å². The lowest BCUT2D eigenvalue weighted by Gasteiger charge is -2.22. The number of hydrogen-bond donors (Lipinski definition) is 1. The molecule has 1 amide bonds. The van der Waals surface area contributed by atoms with E-state index in [1.165, 1.54) is 16.0 Å². The number of hydrogen-bond acceptors (Lipinski definition) is 5. The molecule has 3 heterocycles. The van der Waals surface area contributed by atoms with Gasteiger partial charge in [0.25, 0.3) is 5.91 Å². The fourth-order valence-electron chi connectivity index (χ4n) is 3.06. The van der Waals surface area contributed by atoms with Crippen molar-refractivity contribution in [2.75, 3.05) is 19.6 Å². The van der Waals surface area contributed by atoms with Crippen molar-refractivity contribution in [3.05, 3.63) is 41.3 Å². The second-order valence-electron chi connectivity index (χ2n) is 6.64. The van der Waals surface area contributed by atoms with Gasteiger partial charge >= 0.3 is 0 Å². The molecule has 1 saturated heterocycles. The van der Waals surface area contributed by atoms with Crippen LogP contribution in [0.3, 0.4) is 0 Å².